The molecule has 0 aliphatic heterocycles. The lowest BCUT2D eigenvalue weighted by Crippen LogP contribution is -2.47. The quantitative estimate of drug-likeness (QED) is 0.546. The Kier molecular flexibility index (Phi) is 7.18. The molecule has 0 spiro atoms. The van der Waals surface area contributed by atoms with Gasteiger partial charge in [-0.2, -0.15) is 0 Å². The number of carboxylic acid groups (broad SMARTS) is 1. The predicted molar refractivity (Wildman–Crippen MR) is 103 cm³/mol. The number of ether oxygens (including phenoxy) is 3. The molecule has 11 nitrogen and oxygen atoms in total. The average Bonchev–Trinajstić information content (AvgIpc) is 3.17. The van der Waals surface area contributed by atoms with Crippen molar-refractivity contribution in [3.05, 3.63) is 48.0 Å². The second-order valence-electron chi connectivity index (χ2n) is 6.41. The molecule has 1 aromatic heterocycles. The molecular formula is C18H23N3O8S. The molecule has 0 aliphatic carbocycles. The molecule has 2 N–H and O–H groups in total. The predicted octanol–water partition coefficient (Wildman–Crippen LogP) is 1.12. The minimum Gasteiger partial charge on any atom is -0.480 e. The minimum atomic E-state index is -3.88. The normalized spacial score (nSPS) is 12.9. The van der Waals surface area contributed by atoms with Crippen molar-refractivity contribution in [1.82, 2.24) is 14.3 Å². The second-order valence-corrected chi connectivity index (χ2v) is 8.26. The Balaban J connectivity index is 2.14. The number of rotatable bonds is 9. The van der Waals surface area contributed by atoms with Gasteiger partial charge in [0, 0.05) is 33.8 Å². The van der Waals surface area contributed by atoms with Crippen molar-refractivity contribution in [1.29, 1.82) is 0 Å². The molecule has 30 heavy (non-hydrogen) atoms. The molecule has 164 valence electrons. The molecule has 0 radical (unpaired) electrons. The number of hydrogen-bond donors (Lipinski definition) is 2. The maximum Gasteiger partial charge on any atom is 0.412 e. The summed E-state index contributed by atoms with van der Waals surface area (Å²) in [4.78, 5) is 27.5. The number of aliphatic carboxylic acids is 1. The first-order valence-electron chi connectivity index (χ1n) is 8.68. The molecular weight excluding hydrogens is 418 g/mol. The van der Waals surface area contributed by atoms with Gasteiger partial charge in [0.2, 0.25) is 0 Å². The van der Waals surface area contributed by atoms with Crippen LogP contribution in [0.5, 0.6) is 0 Å². The van der Waals surface area contributed by atoms with Gasteiger partial charge >= 0.3 is 18.0 Å². The molecule has 1 heterocycles. The Bertz CT molecular complexity index is 997. The zero-order chi connectivity index (χ0) is 22.5. The maximum absolute atomic E-state index is 12.7. The summed E-state index contributed by atoms with van der Waals surface area (Å²) in [7, 11) is -1.40. The summed E-state index contributed by atoms with van der Waals surface area (Å²) in [5, 5.41) is 11.5. The number of imidazole rings is 1. The van der Waals surface area contributed by atoms with Crippen LogP contribution in [0.1, 0.15) is 18.2 Å². The molecule has 2 rings (SSSR count). The van der Waals surface area contributed by atoms with E-state index < -0.39 is 34.1 Å². The third kappa shape index (κ3) is 5.55. The van der Waals surface area contributed by atoms with Crippen LogP contribution >= 0.6 is 0 Å². The molecule has 12 heteroatoms. The molecule has 0 saturated heterocycles. The van der Waals surface area contributed by atoms with E-state index in [0.29, 0.717) is 0 Å². The molecule has 2 aromatic rings. The first-order valence-corrected chi connectivity index (χ1v) is 10.1. The van der Waals surface area contributed by atoms with Crippen LogP contribution in [0.3, 0.4) is 0 Å². The number of amides is 1. The van der Waals surface area contributed by atoms with E-state index in [1.165, 1.54) is 39.5 Å². The van der Waals surface area contributed by atoms with Gasteiger partial charge in [-0.15, -0.1) is 0 Å². The van der Waals surface area contributed by atoms with Crippen LogP contribution in [0.2, 0.25) is 0 Å². The zero-order valence-electron chi connectivity index (χ0n) is 16.9. The van der Waals surface area contributed by atoms with Crippen LogP contribution < -0.4 is 5.32 Å². The van der Waals surface area contributed by atoms with Gasteiger partial charge in [-0.3, -0.25) is 0 Å². The van der Waals surface area contributed by atoms with E-state index in [1.54, 1.807) is 12.1 Å². The summed E-state index contributed by atoms with van der Waals surface area (Å²) in [6, 6.07) is 4.82. The number of carboxylic acids is 1. The van der Waals surface area contributed by atoms with Crippen molar-refractivity contribution in [2.75, 3.05) is 14.2 Å². The molecule has 1 amide bonds. The second kappa shape index (κ2) is 9.24. The molecule has 0 saturated carbocycles. The highest BCUT2D eigenvalue weighted by atomic mass is 32.2. The molecule has 0 unspecified atom stereocenters. The largest absolute Gasteiger partial charge is 0.480 e. The van der Waals surface area contributed by atoms with E-state index in [-0.39, 0.29) is 17.0 Å². The lowest BCUT2D eigenvalue weighted by atomic mass is 10.2. The van der Waals surface area contributed by atoms with Gasteiger partial charge in [-0.25, -0.2) is 27.0 Å². The van der Waals surface area contributed by atoms with E-state index >= 15 is 0 Å². The monoisotopic (exact) mass is 441 g/mol. The van der Waals surface area contributed by atoms with Gasteiger partial charge < -0.3 is 24.6 Å². The molecule has 0 bridgehead atoms. The van der Waals surface area contributed by atoms with E-state index in [4.69, 9.17) is 14.2 Å². The minimum absolute atomic E-state index is 0.0620. The summed E-state index contributed by atoms with van der Waals surface area (Å²) >= 11 is 0. The zero-order valence-corrected chi connectivity index (χ0v) is 17.7. The Morgan fingerprint density at radius 2 is 1.83 bits per heavy atom. The van der Waals surface area contributed by atoms with Crippen molar-refractivity contribution in [2.24, 2.45) is 0 Å². The number of alkyl carbamates (subject to hydrolysis) is 1. The van der Waals surface area contributed by atoms with Gasteiger partial charge in [0.15, 0.2) is 0 Å². The first-order chi connectivity index (χ1) is 14.0. The highest BCUT2D eigenvalue weighted by Crippen LogP contribution is 2.16. The van der Waals surface area contributed by atoms with Gasteiger partial charge in [-0.1, -0.05) is 17.7 Å². The highest BCUT2D eigenvalue weighted by molar-refractivity contribution is 7.90. The maximum atomic E-state index is 12.7. The number of aryl methyl sites for hydroxylation is 1. The summed E-state index contributed by atoms with van der Waals surface area (Å²) in [5.41, 5.74) is 1.04. The van der Waals surface area contributed by atoms with Crippen molar-refractivity contribution in [3.8, 4) is 0 Å². The third-order valence-corrected chi connectivity index (χ3v) is 5.86. The number of nitrogens with zero attached hydrogens (tertiary/aromatic N) is 2. The van der Waals surface area contributed by atoms with Gasteiger partial charge in [0.05, 0.1) is 10.6 Å². The lowest BCUT2D eigenvalue weighted by molar-refractivity contribution is -0.322. The van der Waals surface area contributed by atoms with Gasteiger partial charge in [0.25, 0.3) is 10.0 Å². The number of hydrogen-bond acceptors (Lipinski definition) is 8. The number of benzene rings is 1. The topological polar surface area (TPSA) is 146 Å². The van der Waals surface area contributed by atoms with Crippen LogP contribution in [0.25, 0.3) is 0 Å². The van der Waals surface area contributed by atoms with Crippen LogP contribution in [0.4, 0.5) is 4.79 Å². The van der Waals surface area contributed by atoms with Gasteiger partial charge in [0.1, 0.15) is 12.4 Å². The third-order valence-electron chi connectivity index (χ3n) is 4.23. The van der Waals surface area contributed by atoms with Crippen LogP contribution in [-0.2, 0) is 35.4 Å². The highest BCUT2D eigenvalue weighted by Gasteiger charge is 2.31. The number of carbonyl (C=O) groups is 2. The van der Waals surface area contributed by atoms with E-state index in [9.17, 15) is 23.1 Å². The fourth-order valence-electron chi connectivity index (χ4n) is 2.33. The summed E-state index contributed by atoms with van der Waals surface area (Å²) in [6.07, 6.45) is 0.874. The van der Waals surface area contributed by atoms with Crippen LogP contribution in [0, 0.1) is 6.92 Å². The summed E-state index contributed by atoms with van der Waals surface area (Å²) < 4.78 is 40.9. The summed E-state index contributed by atoms with van der Waals surface area (Å²) in [5.74, 6) is -3.06. The van der Waals surface area contributed by atoms with Crippen molar-refractivity contribution >= 4 is 22.1 Å². The van der Waals surface area contributed by atoms with E-state index in [2.05, 4.69) is 10.3 Å². The number of nitrogens with one attached hydrogen (secondary N) is 1. The lowest BCUT2D eigenvalue weighted by Gasteiger charge is -2.26. The number of carbonyl (C=O) groups excluding carboxylic acids is 1. The van der Waals surface area contributed by atoms with Crippen molar-refractivity contribution < 1.29 is 37.3 Å². The molecule has 1 atom stereocenters. The van der Waals surface area contributed by atoms with Gasteiger partial charge in [-0.05, 0) is 19.1 Å². The van der Waals surface area contributed by atoms with E-state index in [1.807, 2.05) is 6.92 Å². The van der Waals surface area contributed by atoms with Crippen LogP contribution in [0.15, 0.2) is 41.7 Å². The first kappa shape index (κ1) is 23.3. The van der Waals surface area contributed by atoms with Crippen molar-refractivity contribution in [3.63, 3.8) is 0 Å². The standard InChI is InChI=1S/C18H23N3O8S/c1-12-5-7-14(8-6-12)30(25,26)21-10-13(19-11-21)9-15(16(22)23)20-17(24)29-18(2,27-3)28-4/h5-8,10-11,15H,9H2,1-4H3,(H,20,24)(H,22,23)/t15-/m0/s1. The molecule has 1 aromatic carbocycles. The molecule has 0 aliphatic rings. The summed E-state index contributed by atoms with van der Waals surface area (Å²) in [6.45, 7) is 3.15. The smallest absolute Gasteiger partial charge is 0.412 e. The molecule has 0 fully saturated rings. The fraction of sp³-hybridized carbons (Fsp3) is 0.389. The Labute approximate surface area is 173 Å². The SMILES string of the molecule is COC(C)(OC)OC(=O)N[C@@H](Cc1cn(S(=O)(=O)c2ccc(C)cc2)cn1)C(=O)O. The average molecular weight is 441 g/mol. The fourth-order valence-corrected chi connectivity index (χ4v) is 3.48. The number of methoxy groups -OCH3 is 2. The number of aromatic nitrogens is 2. The Morgan fingerprint density at radius 3 is 2.37 bits per heavy atom. The Morgan fingerprint density at radius 1 is 1.23 bits per heavy atom. The van der Waals surface area contributed by atoms with Crippen molar-refractivity contribution in [2.45, 2.75) is 37.2 Å². The van der Waals surface area contributed by atoms with Crippen LogP contribution in [-0.4, -0.2) is 60.8 Å². The van der Waals surface area contributed by atoms with E-state index in [0.717, 1.165) is 15.9 Å². The Hall–Kier alpha value is -2.96.